The van der Waals surface area contributed by atoms with Crippen molar-refractivity contribution in [1.82, 2.24) is 4.90 Å². The van der Waals surface area contributed by atoms with Gasteiger partial charge in [0.05, 0.1) is 16.1 Å². The molecule has 1 unspecified atom stereocenters. The zero-order chi connectivity index (χ0) is 24.2. The van der Waals surface area contributed by atoms with Gasteiger partial charge in [0.2, 0.25) is 5.78 Å². The Balaban J connectivity index is 1.56. The number of benzene rings is 3. The molecule has 0 saturated carbocycles. The summed E-state index contributed by atoms with van der Waals surface area (Å²) < 4.78 is 5.20. The smallest absolute Gasteiger partial charge is 0.330 e. The van der Waals surface area contributed by atoms with Crippen LogP contribution in [0.25, 0.3) is 0 Å². The molecule has 1 aliphatic rings. The molecule has 0 bridgehead atoms. The summed E-state index contributed by atoms with van der Waals surface area (Å²) in [6.07, 6.45) is -0.00383. The Morgan fingerprint density at radius 3 is 2.12 bits per heavy atom. The molecular weight excluding hydrogens is 440 g/mol. The number of Topliss-reactive ketones (excluding diaryl/α,β-unsaturated/α-hetero) is 1. The fraction of sp³-hybridized carbons (Fsp3) is 0.120. The SMILES string of the molecule is O=C(COC(=O)C(Cc1ccccc1)N1C(=O)c2ccccc2C1=O)c1cccc([N+](=O)[O-])c1. The highest BCUT2D eigenvalue weighted by Crippen LogP contribution is 2.26. The zero-order valence-electron chi connectivity index (χ0n) is 17.7. The predicted octanol–water partition coefficient (Wildman–Crippen LogP) is 3.23. The maximum absolute atomic E-state index is 13.1. The van der Waals surface area contributed by atoms with Gasteiger partial charge in [-0.15, -0.1) is 0 Å². The Hall–Kier alpha value is -4.66. The molecule has 0 aliphatic carbocycles. The van der Waals surface area contributed by atoms with Gasteiger partial charge in [-0.05, 0) is 17.7 Å². The van der Waals surface area contributed by atoms with Crippen molar-refractivity contribution in [1.29, 1.82) is 0 Å². The number of non-ortho nitro benzene ring substituents is 1. The number of hydrogen-bond donors (Lipinski definition) is 0. The second-order valence-electron chi connectivity index (χ2n) is 7.57. The first-order valence-electron chi connectivity index (χ1n) is 10.3. The average Bonchev–Trinajstić information content (AvgIpc) is 3.11. The highest BCUT2D eigenvalue weighted by molar-refractivity contribution is 6.22. The summed E-state index contributed by atoms with van der Waals surface area (Å²) in [6.45, 7) is -0.700. The predicted molar refractivity (Wildman–Crippen MR) is 119 cm³/mol. The summed E-state index contributed by atoms with van der Waals surface area (Å²) in [5.41, 5.74) is 0.788. The number of fused-ring (bicyclic) bond motifs is 1. The van der Waals surface area contributed by atoms with Crippen LogP contribution in [-0.2, 0) is 16.0 Å². The molecule has 9 heteroatoms. The van der Waals surface area contributed by atoms with E-state index < -0.39 is 41.1 Å². The Morgan fingerprint density at radius 2 is 1.50 bits per heavy atom. The van der Waals surface area contributed by atoms with Crippen molar-refractivity contribution in [3.63, 3.8) is 0 Å². The van der Waals surface area contributed by atoms with E-state index >= 15 is 0 Å². The minimum absolute atomic E-state index is 0.00217. The number of ether oxygens (including phenoxy) is 1. The van der Waals surface area contributed by atoms with Gasteiger partial charge in [0.25, 0.3) is 17.5 Å². The molecule has 1 atom stereocenters. The third kappa shape index (κ3) is 4.44. The molecule has 1 aliphatic heterocycles. The van der Waals surface area contributed by atoms with Crippen LogP contribution >= 0.6 is 0 Å². The van der Waals surface area contributed by atoms with E-state index in [1.54, 1.807) is 42.5 Å². The summed E-state index contributed by atoms with van der Waals surface area (Å²) in [7, 11) is 0. The largest absolute Gasteiger partial charge is 0.456 e. The van der Waals surface area contributed by atoms with Crippen LogP contribution in [0.2, 0.25) is 0 Å². The summed E-state index contributed by atoms with van der Waals surface area (Å²) in [5.74, 6) is -2.83. The number of amides is 2. The number of carbonyl (C=O) groups excluding carboxylic acids is 4. The van der Waals surface area contributed by atoms with E-state index in [9.17, 15) is 29.3 Å². The van der Waals surface area contributed by atoms with E-state index in [1.165, 1.54) is 30.3 Å². The van der Waals surface area contributed by atoms with Crippen molar-refractivity contribution < 1.29 is 28.8 Å². The molecule has 9 nitrogen and oxygen atoms in total. The van der Waals surface area contributed by atoms with Crippen molar-refractivity contribution in [2.24, 2.45) is 0 Å². The van der Waals surface area contributed by atoms with Crippen molar-refractivity contribution in [3.05, 3.63) is 111 Å². The number of ketones is 1. The van der Waals surface area contributed by atoms with Crippen LogP contribution in [0.1, 0.15) is 36.6 Å². The van der Waals surface area contributed by atoms with Crippen molar-refractivity contribution in [2.45, 2.75) is 12.5 Å². The Bertz CT molecular complexity index is 1270. The topological polar surface area (TPSA) is 124 Å². The number of nitro benzene ring substituents is 1. The quantitative estimate of drug-likeness (QED) is 0.167. The first-order valence-corrected chi connectivity index (χ1v) is 10.3. The second kappa shape index (κ2) is 9.45. The first-order chi connectivity index (χ1) is 16.4. The first kappa shape index (κ1) is 22.5. The van der Waals surface area contributed by atoms with Gasteiger partial charge in [-0.2, -0.15) is 0 Å². The molecular formula is C25H18N2O7. The molecule has 3 aromatic rings. The van der Waals surface area contributed by atoms with Gasteiger partial charge in [-0.3, -0.25) is 29.4 Å². The lowest BCUT2D eigenvalue weighted by atomic mass is 10.0. The molecule has 0 spiro atoms. The lowest BCUT2D eigenvalue weighted by molar-refractivity contribution is -0.384. The maximum Gasteiger partial charge on any atom is 0.330 e. The second-order valence-corrected chi connectivity index (χ2v) is 7.57. The molecule has 4 rings (SSSR count). The molecule has 3 aromatic carbocycles. The Morgan fingerprint density at radius 1 is 0.882 bits per heavy atom. The highest BCUT2D eigenvalue weighted by Gasteiger charge is 2.43. The van der Waals surface area contributed by atoms with Crippen LogP contribution in [-0.4, -0.2) is 46.0 Å². The molecule has 170 valence electrons. The van der Waals surface area contributed by atoms with Gasteiger partial charge in [0.15, 0.2) is 6.61 Å². The average molecular weight is 458 g/mol. The van der Waals surface area contributed by atoms with Gasteiger partial charge in [0, 0.05) is 24.1 Å². The lowest BCUT2D eigenvalue weighted by Crippen LogP contribution is -2.47. The number of nitrogens with zero attached hydrogens (tertiary/aromatic N) is 2. The summed E-state index contributed by atoms with van der Waals surface area (Å²) in [6, 6.07) is 18.8. The molecule has 1 heterocycles. The summed E-state index contributed by atoms with van der Waals surface area (Å²) in [4.78, 5) is 62.7. The Labute approximate surface area is 193 Å². The van der Waals surface area contributed by atoms with Crippen LogP contribution in [0, 0.1) is 10.1 Å². The van der Waals surface area contributed by atoms with E-state index in [2.05, 4.69) is 0 Å². The standard InChI is InChI=1S/C25H18N2O7/c28-22(17-9-6-10-18(14-17)27(32)33)15-34-25(31)21(13-16-7-2-1-3-8-16)26-23(29)19-11-4-5-12-20(19)24(26)30/h1-12,14,21H,13,15H2. The molecule has 0 fully saturated rings. The minimum Gasteiger partial charge on any atom is -0.456 e. The monoisotopic (exact) mass is 458 g/mol. The number of esters is 1. The third-order valence-corrected chi connectivity index (χ3v) is 5.41. The molecule has 0 saturated heterocycles. The van der Waals surface area contributed by atoms with Gasteiger partial charge in [0.1, 0.15) is 6.04 Å². The number of imide groups is 1. The van der Waals surface area contributed by atoms with Gasteiger partial charge in [-0.25, -0.2) is 4.79 Å². The van der Waals surface area contributed by atoms with Crippen molar-refractivity contribution >= 4 is 29.3 Å². The minimum atomic E-state index is -1.30. The third-order valence-electron chi connectivity index (χ3n) is 5.41. The zero-order valence-corrected chi connectivity index (χ0v) is 17.7. The molecule has 0 aromatic heterocycles. The lowest BCUT2D eigenvalue weighted by Gasteiger charge is -2.24. The van der Waals surface area contributed by atoms with Crippen LogP contribution in [0.5, 0.6) is 0 Å². The van der Waals surface area contributed by atoms with E-state index in [4.69, 9.17) is 4.74 Å². The summed E-state index contributed by atoms with van der Waals surface area (Å²) in [5, 5.41) is 10.9. The van der Waals surface area contributed by atoms with Gasteiger partial charge < -0.3 is 4.74 Å². The maximum atomic E-state index is 13.1. The number of carbonyl (C=O) groups is 4. The highest BCUT2D eigenvalue weighted by atomic mass is 16.6. The molecule has 0 radical (unpaired) electrons. The molecule has 34 heavy (non-hydrogen) atoms. The van der Waals surface area contributed by atoms with Gasteiger partial charge in [-0.1, -0.05) is 54.6 Å². The van der Waals surface area contributed by atoms with E-state index in [0.717, 1.165) is 11.0 Å². The van der Waals surface area contributed by atoms with Crippen molar-refractivity contribution in [3.8, 4) is 0 Å². The van der Waals surface area contributed by atoms with E-state index in [-0.39, 0.29) is 28.8 Å². The Kier molecular flexibility index (Phi) is 6.26. The van der Waals surface area contributed by atoms with E-state index in [0.29, 0.717) is 5.56 Å². The van der Waals surface area contributed by atoms with Crippen LogP contribution in [0.4, 0.5) is 5.69 Å². The number of nitro groups is 1. The van der Waals surface area contributed by atoms with Crippen molar-refractivity contribution in [2.75, 3.05) is 6.61 Å². The molecule has 2 amide bonds. The van der Waals surface area contributed by atoms with Crippen LogP contribution < -0.4 is 0 Å². The van der Waals surface area contributed by atoms with Crippen LogP contribution in [0.15, 0.2) is 78.9 Å². The fourth-order valence-electron chi connectivity index (χ4n) is 3.72. The van der Waals surface area contributed by atoms with Crippen LogP contribution in [0.3, 0.4) is 0 Å². The summed E-state index contributed by atoms with van der Waals surface area (Å²) >= 11 is 0. The molecule has 0 N–H and O–H groups in total. The number of hydrogen-bond acceptors (Lipinski definition) is 7. The number of rotatable bonds is 8. The van der Waals surface area contributed by atoms with E-state index in [1.807, 2.05) is 0 Å². The fourth-order valence-corrected chi connectivity index (χ4v) is 3.72. The van der Waals surface area contributed by atoms with Gasteiger partial charge >= 0.3 is 5.97 Å². The normalized spacial score (nSPS) is 13.4.